The molecule has 6 N–H and O–H groups in total. The molecule has 2 aromatic rings. The molecule has 0 radical (unpaired) electrons. The predicted molar refractivity (Wildman–Crippen MR) is 147 cm³/mol. The van der Waals surface area contributed by atoms with Crippen molar-refractivity contribution in [3.8, 4) is 5.69 Å². The number of likely N-dealkylation sites (tertiary alicyclic amines) is 1. The molecule has 1 saturated heterocycles. The third-order valence-corrected chi connectivity index (χ3v) is 7.11. The highest BCUT2D eigenvalue weighted by Gasteiger charge is 2.30. The van der Waals surface area contributed by atoms with Gasteiger partial charge in [-0.2, -0.15) is 0 Å². The van der Waals surface area contributed by atoms with E-state index in [0.29, 0.717) is 25.0 Å². The van der Waals surface area contributed by atoms with E-state index in [1.54, 1.807) is 0 Å². The first-order valence-corrected chi connectivity index (χ1v) is 13.8. The molecule has 1 unspecified atom stereocenters. The predicted octanol–water partition coefficient (Wildman–Crippen LogP) is 1.18. The van der Waals surface area contributed by atoms with E-state index in [1.807, 2.05) is 0 Å². The van der Waals surface area contributed by atoms with Crippen molar-refractivity contribution in [2.24, 2.45) is 5.92 Å². The minimum absolute atomic E-state index is 0.00661. The number of benzene rings is 1. The van der Waals surface area contributed by atoms with Gasteiger partial charge >= 0.3 is 29.9 Å². The van der Waals surface area contributed by atoms with E-state index in [4.69, 9.17) is 5.11 Å². The minimum atomic E-state index is -1.53. The monoisotopic (exact) mass is 620 g/mol. The van der Waals surface area contributed by atoms with Gasteiger partial charge in [-0.1, -0.05) is 5.21 Å². The van der Waals surface area contributed by atoms with E-state index >= 15 is 0 Å². The Bertz CT molecular complexity index is 1390. The lowest BCUT2D eigenvalue weighted by atomic mass is 9.90. The number of aryl methyl sites for hydroxylation is 1. The Hall–Kier alpha value is -5.09. The average Bonchev–Trinajstić information content (AvgIpc) is 3.46. The van der Waals surface area contributed by atoms with E-state index in [0.717, 1.165) is 0 Å². The number of carbonyl (C=O) groups is 6. The average molecular weight is 621 g/mol. The summed E-state index contributed by atoms with van der Waals surface area (Å²) in [5.74, 6) is -6.00. The van der Waals surface area contributed by atoms with Crippen LogP contribution in [0.2, 0.25) is 0 Å². The Morgan fingerprint density at radius 2 is 1.57 bits per heavy atom. The maximum absolute atomic E-state index is 13.3. The van der Waals surface area contributed by atoms with Gasteiger partial charge in [-0.3, -0.25) is 14.0 Å². The van der Waals surface area contributed by atoms with Crippen molar-refractivity contribution >= 4 is 35.8 Å². The standard InChI is InChI=1S/C27H33FN6O10/c28-7-1-2-18-14-34(32-31-18)19-12-16(11-17(13-19)24(38)39)23(37)33-8-5-15(6-9-33)10-21(26(42)43)30-27(44)29-20(25(40)41)3-4-22(35)36/h11-15,20-21H,1-10H2,(H,35,36)(H,38,39)(H,40,41)(H,42,43)(H2,29,30,44)/t20-,21?/m0/s1. The Kier molecular flexibility index (Phi) is 11.7. The summed E-state index contributed by atoms with van der Waals surface area (Å²) in [4.78, 5) is 72.8. The second-order valence-corrected chi connectivity index (χ2v) is 10.3. The lowest BCUT2D eigenvalue weighted by molar-refractivity contribution is -0.141. The summed E-state index contributed by atoms with van der Waals surface area (Å²) < 4.78 is 13.8. The molecular weight excluding hydrogens is 587 g/mol. The summed E-state index contributed by atoms with van der Waals surface area (Å²) >= 11 is 0. The second-order valence-electron chi connectivity index (χ2n) is 10.3. The molecule has 1 fully saturated rings. The first kappa shape index (κ1) is 33.4. The van der Waals surface area contributed by atoms with E-state index in [2.05, 4.69) is 20.9 Å². The molecule has 44 heavy (non-hydrogen) atoms. The zero-order valence-electron chi connectivity index (χ0n) is 23.5. The van der Waals surface area contributed by atoms with Gasteiger partial charge in [0.25, 0.3) is 5.91 Å². The third-order valence-electron chi connectivity index (χ3n) is 7.11. The second kappa shape index (κ2) is 15.4. The van der Waals surface area contributed by atoms with Gasteiger partial charge in [0.15, 0.2) is 0 Å². The van der Waals surface area contributed by atoms with Crippen LogP contribution in [0.3, 0.4) is 0 Å². The van der Waals surface area contributed by atoms with Crippen molar-refractivity contribution in [1.29, 1.82) is 0 Å². The van der Waals surface area contributed by atoms with Crippen molar-refractivity contribution in [3.63, 3.8) is 0 Å². The van der Waals surface area contributed by atoms with Gasteiger partial charge in [0.2, 0.25) is 0 Å². The Morgan fingerprint density at radius 3 is 2.16 bits per heavy atom. The summed E-state index contributed by atoms with van der Waals surface area (Å²) in [6.07, 6.45) is 1.97. The van der Waals surface area contributed by atoms with Gasteiger partial charge in [-0.25, -0.2) is 23.9 Å². The summed E-state index contributed by atoms with van der Waals surface area (Å²) in [6.45, 7) is -0.0772. The number of hydrogen-bond donors (Lipinski definition) is 6. The quantitative estimate of drug-likeness (QED) is 0.164. The van der Waals surface area contributed by atoms with Crippen LogP contribution in [-0.2, 0) is 20.8 Å². The van der Waals surface area contributed by atoms with E-state index in [9.17, 15) is 48.5 Å². The number of carboxylic acids is 4. The molecule has 2 atom stereocenters. The summed E-state index contributed by atoms with van der Waals surface area (Å²) in [6, 6.07) is 0.0766. The molecule has 1 aliphatic heterocycles. The minimum Gasteiger partial charge on any atom is -0.481 e. The van der Waals surface area contributed by atoms with Crippen molar-refractivity contribution in [1.82, 2.24) is 30.5 Å². The zero-order chi connectivity index (χ0) is 32.4. The summed E-state index contributed by atoms with van der Waals surface area (Å²) in [5, 5.41) is 49.4. The van der Waals surface area contributed by atoms with E-state index in [1.165, 1.54) is 34.0 Å². The number of aliphatic carboxylic acids is 3. The summed E-state index contributed by atoms with van der Waals surface area (Å²) in [5.41, 5.74) is 0.730. The van der Waals surface area contributed by atoms with E-state index in [-0.39, 0.29) is 55.1 Å². The topological polar surface area (TPSA) is 241 Å². The molecule has 1 aromatic heterocycles. The van der Waals surface area contributed by atoms with Crippen molar-refractivity contribution in [2.75, 3.05) is 19.8 Å². The highest BCUT2D eigenvalue weighted by molar-refractivity contribution is 5.98. The number of carbonyl (C=O) groups excluding carboxylic acids is 2. The molecule has 238 valence electrons. The Labute approximate surface area is 249 Å². The van der Waals surface area contributed by atoms with Crippen LogP contribution in [0, 0.1) is 5.92 Å². The molecular formula is C27H33FN6O10. The van der Waals surface area contributed by atoms with Crippen LogP contribution in [-0.4, -0.2) is 108 Å². The first-order valence-electron chi connectivity index (χ1n) is 13.8. The number of amides is 3. The van der Waals surface area contributed by atoms with E-state index < -0.39 is 61.0 Å². The number of alkyl halides is 1. The maximum Gasteiger partial charge on any atom is 0.335 e. The number of piperidine rings is 1. The number of carboxylic acid groups (broad SMARTS) is 4. The number of nitrogens with zero attached hydrogens (tertiary/aromatic N) is 4. The van der Waals surface area contributed by atoms with Crippen LogP contribution in [0.25, 0.3) is 5.69 Å². The SMILES string of the molecule is O=C(O)CC[C@H](NC(=O)NC(CC1CCN(C(=O)c2cc(C(=O)O)cc(-n3cc(CCCF)nn3)c2)CC1)C(=O)O)C(=O)O. The normalized spacial score (nSPS) is 14.8. The molecule has 3 rings (SSSR count). The molecule has 0 aliphatic carbocycles. The largest absolute Gasteiger partial charge is 0.481 e. The van der Waals surface area contributed by atoms with Crippen molar-refractivity contribution in [2.45, 2.75) is 57.0 Å². The van der Waals surface area contributed by atoms with Gasteiger partial charge in [0.1, 0.15) is 12.1 Å². The first-order chi connectivity index (χ1) is 20.9. The molecule has 16 nitrogen and oxygen atoms in total. The number of aromatic carboxylic acids is 1. The van der Waals surface area contributed by atoms with Crippen molar-refractivity contribution < 1.29 is 53.6 Å². The van der Waals surface area contributed by atoms with Crippen LogP contribution in [0.5, 0.6) is 0 Å². The molecule has 1 aliphatic rings. The Balaban J connectivity index is 1.62. The number of halogens is 1. The number of hydrogen-bond acceptors (Lipinski definition) is 8. The highest BCUT2D eigenvalue weighted by atomic mass is 19.1. The molecule has 1 aromatic carbocycles. The fourth-order valence-corrected chi connectivity index (χ4v) is 4.77. The Morgan fingerprint density at radius 1 is 0.932 bits per heavy atom. The van der Waals surface area contributed by atoms with Crippen molar-refractivity contribution in [3.05, 3.63) is 41.2 Å². The number of rotatable bonds is 15. The summed E-state index contributed by atoms with van der Waals surface area (Å²) in [7, 11) is 0. The van der Waals surface area contributed by atoms with Crippen LogP contribution < -0.4 is 10.6 Å². The third kappa shape index (κ3) is 9.47. The molecule has 17 heteroatoms. The van der Waals surface area contributed by atoms with Gasteiger partial charge < -0.3 is 36.0 Å². The van der Waals surface area contributed by atoms with Crippen LogP contribution >= 0.6 is 0 Å². The van der Waals surface area contributed by atoms with Gasteiger partial charge in [-0.15, -0.1) is 5.10 Å². The highest BCUT2D eigenvalue weighted by Crippen LogP contribution is 2.25. The zero-order valence-corrected chi connectivity index (χ0v) is 23.5. The molecule has 0 spiro atoms. The molecule has 0 bridgehead atoms. The van der Waals surface area contributed by atoms with Crippen LogP contribution in [0.1, 0.15) is 64.9 Å². The van der Waals surface area contributed by atoms with Gasteiger partial charge in [-0.05, 0) is 62.6 Å². The van der Waals surface area contributed by atoms with Gasteiger partial charge in [0.05, 0.1) is 29.8 Å². The number of nitrogens with one attached hydrogen (secondary N) is 2. The fraction of sp³-hybridized carbons (Fsp3) is 0.481. The lowest BCUT2D eigenvalue weighted by Crippen LogP contribution is -2.52. The molecule has 2 heterocycles. The maximum atomic E-state index is 13.3. The van der Waals surface area contributed by atoms with Crippen LogP contribution in [0.4, 0.5) is 9.18 Å². The number of aromatic nitrogens is 3. The fourth-order valence-electron chi connectivity index (χ4n) is 4.77. The molecule has 3 amide bonds. The number of urea groups is 1. The van der Waals surface area contributed by atoms with Crippen LogP contribution in [0.15, 0.2) is 24.4 Å². The lowest BCUT2D eigenvalue weighted by Gasteiger charge is -2.33. The van der Waals surface area contributed by atoms with Gasteiger partial charge in [0, 0.05) is 25.1 Å². The molecule has 0 saturated carbocycles. The smallest absolute Gasteiger partial charge is 0.335 e.